The van der Waals surface area contributed by atoms with Crippen LogP contribution in [0.2, 0.25) is 5.02 Å². The first kappa shape index (κ1) is 13.8. The number of rotatable bonds is 7. The minimum Gasteiger partial charge on any atom is -0.389 e. The normalized spacial score (nSPS) is 18.6. The summed E-state index contributed by atoms with van der Waals surface area (Å²) in [6.07, 6.45) is 1.95. The largest absolute Gasteiger partial charge is 0.389 e. The van der Waals surface area contributed by atoms with Gasteiger partial charge in [-0.15, -0.1) is 0 Å². The van der Waals surface area contributed by atoms with Crippen molar-refractivity contribution >= 4 is 11.6 Å². The highest BCUT2D eigenvalue weighted by atomic mass is 35.5. The third-order valence-electron chi connectivity index (χ3n) is 3.26. The van der Waals surface area contributed by atoms with Gasteiger partial charge >= 0.3 is 0 Å². The Kier molecular flexibility index (Phi) is 4.62. The molecule has 2 N–H and O–H groups in total. The lowest BCUT2D eigenvalue weighted by molar-refractivity contribution is 0.0274. The summed E-state index contributed by atoms with van der Waals surface area (Å²) in [5.41, 5.74) is 1.32. The van der Waals surface area contributed by atoms with Crippen molar-refractivity contribution in [2.24, 2.45) is 0 Å². The molecule has 3 nitrogen and oxygen atoms in total. The Morgan fingerprint density at radius 3 is 2.67 bits per heavy atom. The Balaban J connectivity index is 1.60. The molecule has 0 bridgehead atoms. The van der Waals surface area contributed by atoms with E-state index in [1.54, 1.807) is 0 Å². The predicted molar refractivity (Wildman–Crippen MR) is 72.8 cm³/mol. The molecule has 4 heteroatoms. The molecule has 0 spiro atoms. The molecule has 1 unspecified atom stereocenters. The zero-order valence-corrected chi connectivity index (χ0v) is 11.4. The summed E-state index contributed by atoms with van der Waals surface area (Å²) in [6, 6.07) is 7.54. The van der Waals surface area contributed by atoms with Gasteiger partial charge in [0.1, 0.15) is 0 Å². The summed E-state index contributed by atoms with van der Waals surface area (Å²) in [6.45, 7) is 3.63. The molecule has 1 aromatic rings. The van der Waals surface area contributed by atoms with Crippen molar-refractivity contribution in [3.63, 3.8) is 0 Å². The van der Waals surface area contributed by atoms with Crippen LogP contribution in [-0.2, 0) is 11.3 Å². The Morgan fingerprint density at radius 1 is 1.39 bits per heavy atom. The Bertz CT molecular complexity index is 376. The highest BCUT2D eigenvalue weighted by molar-refractivity contribution is 6.30. The van der Waals surface area contributed by atoms with Gasteiger partial charge in [-0.1, -0.05) is 23.7 Å². The smallest absolute Gasteiger partial charge is 0.0898 e. The molecular weight excluding hydrogens is 250 g/mol. The lowest BCUT2D eigenvalue weighted by Crippen LogP contribution is -2.37. The maximum absolute atomic E-state index is 9.75. The molecule has 0 amide bonds. The average molecular weight is 270 g/mol. The van der Waals surface area contributed by atoms with Gasteiger partial charge in [0, 0.05) is 17.1 Å². The van der Waals surface area contributed by atoms with Crippen LogP contribution >= 0.6 is 11.6 Å². The summed E-state index contributed by atoms with van der Waals surface area (Å²) in [7, 11) is 0. The molecule has 1 aliphatic rings. The molecule has 2 rings (SSSR count). The molecule has 18 heavy (non-hydrogen) atoms. The van der Waals surface area contributed by atoms with Crippen molar-refractivity contribution in [2.45, 2.75) is 38.0 Å². The molecule has 0 radical (unpaired) electrons. The van der Waals surface area contributed by atoms with Crippen molar-refractivity contribution < 1.29 is 9.84 Å². The third-order valence-corrected chi connectivity index (χ3v) is 3.51. The summed E-state index contributed by atoms with van der Waals surface area (Å²) >= 11 is 5.80. The quantitative estimate of drug-likeness (QED) is 0.799. The molecule has 0 saturated heterocycles. The topological polar surface area (TPSA) is 41.5 Å². The summed E-state index contributed by atoms with van der Waals surface area (Å²) in [5, 5.41) is 13.8. The van der Waals surface area contributed by atoms with Crippen LogP contribution in [0.5, 0.6) is 0 Å². The number of halogens is 1. The number of β-amino-alcohol motifs (C(OH)–C–C–N with tert-alkyl or cyclic N) is 1. The number of hydrogen-bond acceptors (Lipinski definition) is 3. The number of benzene rings is 1. The second-order valence-electron chi connectivity index (χ2n) is 5.24. The summed E-state index contributed by atoms with van der Waals surface area (Å²) < 4.78 is 5.47. The van der Waals surface area contributed by atoms with E-state index in [1.807, 2.05) is 24.3 Å². The van der Waals surface area contributed by atoms with Crippen LogP contribution in [0.3, 0.4) is 0 Å². The van der Waals surface area contributed by atoms with Crippen LogP contribution in [0.1, 0.15) is 25.3 Å². The van der Waals surface area contributed by atoms with Crippen molar-refractivity contribution in [2.75, 3.05) is 13.2 Å². The molecular formula is C14H20ClNO2. The van der Waals surface area contributed by atoms with Crippen molar-refractivity contribution in [3.05, 3.63) is 34.9 Å². The number of hydrogen-bond donors (Lipinski definition) is 2. The minimum absolute atomic E-state index is 0.261. The molecule has 0 aliphatic heterocycles. The zero-order valence-electron chi connectivity index (χ0n) is 10.7. The first-order chi connectivity index (χ1) is 8.57. The van der Waals surface area contributed by atoms with Crippen molar-refractivity contribution in [1.29, 1.82) is 0 Å². The number of aliphatic hydroxyl groups excluding tert-OH is 1. The molecule has 1 fully saturated rings. The first-order valence-corrected chi connectivity index (χ1v) is 6.70. The molecule has 1 aliphatic carbocycles. The van der Waals surface area contributed by atoms with E-state index in [0.717, 1.165) is 10.6 Å². The fourth-order valence-corrected chi connectivity index (χ4v) is 1.81. The highest BCUT2D eigenvalue weighted by Crippen LogP contribution is 2.33. The fourth-order valence-electron chi connectivity index (χ4n) is 1.68. The van der Waals surface area contributed by atoms with E-state index in [0.29, 0.717) is 19.8 Å². The lowest BCUT2D eigenvalue weighted by Gasteiger charge is -2.16. The van der Waals surface area contributed by atoms with Gasteiger partial charge in [-0.2, -0.15) is 0 Å². The van der Waals surface area contributed by atoms with Gasteiger partial charge in [0.15, 0.2) is 0 Å². The Labute approximate surface area is 113 Å². The molecule has 0 heterocycles. The van der Waals surface area contributed by atoms with Gasteiger partial charge in [-0.3, -0.25) is 0 Å². The zero-order chi connectivity index (χ0) is 13.0. The monoisotopic (exact) mass is 269 g/mol. The maximum Gasteiger partial charge on any atom is 0.0898 e. The van der Waals surface area contributed by atoms with Crippen LogP contribution < -0.4 is 5.32 Å². The maximum atomic E-state index is 9.75. The van der Waals surface area contributed by atoms with E-state index in [4.69, 9.17) is 16.3 Å². The van der Waals surface area contributed by atoms with Crippen LogP contribution in [0, 0.1) is 0 Å². The van der Waals surface area contributed by atoms with E-state index in [-0.39, 0.29) is 5.54 Å². The molecule has 1 saturated carbocycles. The van der Waals surface area contributed by atoms with Gasteiger partial charge in [0.05, 0.1) is 19.3 Å². The van der Waals surface area contributed by atoms with Crippen molar-refractivity contribution in [1.82, 2.24) is 5.32 Å². The van der Waals surface area contributed by atoms with Crippen LogP contribution in [-0.4, -0.2) is 29.9 Å². The molecule has 100 valence electrons. The first-order valence-electron chi connectivity index (χ1n) is 6.33. The second-order valence-corrected chi connectivity index (χ2v) is 5.67. The van der Waals surface area contributed by atoms with Gasteiger partial charge in [-0.05, 0) is 37.5 Å². The van der Waals surface area contributed by atoms with E-state index >= 15 is 0 Å². The van der Waals surface area contributed by atoms with Gasteiger partial charge in [0.25, 0.3) is 0 Å². The lowest BCUT2D eigenvalue weighted by atomic mass is 10.2. The standard InChI is InChI=1S/C14H20ClNO2/c1-14(6-7-14)16-8-13(17)10-18-9-11-2-4-12(15)5-3-11/h2-5,13,16-17H,6-10H2,1H3. The molecule has 0 aromatic heterocycles. The predicted octanol–water partition coefficient (Wildman–Crippen LogP) is 2.36. The third kappa shape index (κ3) is 4.58. The molecule has 1 atom stereocenters. The van der Waals surface area contributed by atoms with E-state index in [2.05, 4.69) is 12.2 Å². The van der Waals surface area contributed by atoms with Crippen LogP contribution in [0.15, 0.2) is 24.3 Å². The SMILES string of the molecule is CC1(NCC(O)COCc2ccc(Cl)cc2)CC1. The van der Waals surface area contributed by atoms with Gasteiger partial charge in [0.2, 0.25) is 0 Å². The van der Waals surface area contributed by atoms with Crippen LogP contribution in [0.25, 0.3) is 0 Å². The Morgan fingerprint density at radius 2 is 2.06 bits per heavy atom. The Hall–Kier alpha value is -0.610. The van der Waals surface area contributed by atoms with Gasteiger partial charge < -0.3 is 15.2 Å². The van der Waals surface area contributed by atoms with Gasteiger partial charge in [-0.25, -0.2) is 0 Å². The van der Waals surface area contributed by atoms with E-state index < -0.39 is 6.10 Å². The number of nitrogens with one attached hydrogen (secondary N) is 1. The van der Waals surface area contributed by atoms with Crippen molar-refractivity contribution in [3.8, 4) is 0 Å². The summed E-state index contributed by atoms with van der Waals surface area (Å²) in [4.78, 5) is 0. The van der Waals surface area contributed by atoms with E-state index in [1.165, 1.54) is 12.8 Å². The fraction of sp³-hybridized carbons (Fsp3) is 0.571. The number of ether oxygens (including phenoxy) is 1. The van der Waals surface area contributed by atoms with Crippen LogP contribution in [0.4, 0.5) is 0 Å². The number of aliphatic hydroxyl groups is 1. The minimum atomic E-state index is -0.449. The molecule has 1 aromatic carbocycles. The second kappa shape index (κ2) is 6.02. The summed E-state index contributed by atoms with van der Waals surface area (Å²) in [5.74, 6) is 0. The average Bonchev–Trinajstić information content (AvgIpc) is 3.08. The van der Waals surface area contributed by atoms with E-state index in [9.17, 15) is 5.11 Å². The highest BCUT2D eigenvalue weighted by Gasteiger charge is 2.36.